The van der Waals surface area contributed by atoms with Gasteiger partial charge in [-0.15, -0.1) is 0 Å². The van der Waals surface area contributed by atoms with Crippen LogP contribution in [0.4, 0.5) is 30.2 Å². The predicted octanol–water partition coefficient (Wildman–Crippen LogP) is 5.15. The number of halogens is 2. The second-order valence-electron chi connectivity index (χ2n) is 9.52. The van der Waals surface area contributed by atoms with Crippen molar-refractivity contribution >= 4 is 39.9 Å². The minimum absolute atomic E-state index is 0.00661. The van der Waals surface area contributed by atoms with Crippen LogP contribution in [-0.4, -0.2) is 40.7 Å². The van der Waals surface area contributed by atoms with E-state index >= 15 is 0 Å². The number of hydrogen-bond donors (Lipinski definition) is 4. The number of nitrogen functional groups attached to an aromatic ring is 1. The zero-order valence-electron chi connectivity index (χ0n) is 21.4. The standard InChI is InChI=1S/C25H25F2N7O4S/c1-25(2,3)11-29-23(36)33-24-31-19(28)18(39-24)22-32-20(34-38-22)14-9-17(16(27)10-15(14)26)30-21(35)12-6-5-7-13(8-12)37-4/h5-10H,11,28H2,1-4H3,(H,30,35)(H2,29,31,33,36). The van der Waals surface area contributed by atoms with E-state index in [1.807, 2.05) is 20.8 Å². The van der Waals surface area contributed by atoms with Gasteiger partial charge in [-0.1, -0.05) is 43.3 Å². The molecule has 39 heavy (non-hydrogen) atoms. The molecule has 2 heterocycles. The van der Waals surface area contributed by atoms with Crippen molar-refractivity contribution in [1.29, 1.82) is 0 Å². The van der Waals surface area contributed by atoms with E-state index in [1.165, 1.54) is 19.2 Å². The first-order valence-electron chi connectivity index (χ1n) is 11.5. The van der Waals surface area contributed by atoms with Crippen molar-refractivity contribution in [2.45, 2.75) is 20.8 Å². The summed E-state index contributed by atoms with van der Waals surface area (Å²) in [6.07, 6.45) is 0. The number of carbonyl (C=O) groups is 2. The highest BCUT2D eigenvalue weighted by Gasteiger charge is 2.22. The van der Waals surface area contributed by atoms with Gasteiger partial charge in [0.2, 0.25) is 5.82 Å². The Balaban J connectivity index is 1.54. The summed E-state index contributed by atoms with van der Waals surface area (Å²) in [4.78, 5) is 33.3. The average Bonchev–Trinajstić information content (AvgIpc) is 3.50. The monoisotopic (exact) mass is 557 g/mol. The number of nitrogens with two attached hydrogens (primary N) is 1. The number of urea groups is 1. The van der Waals surface area contributed by atoms with Gasteiger partial charge >= 0.3 is 6.03 Å². The number of hydrogen-bond acceptors (Lipinski definition) is 9. The molecular weight excluding hydrogens is 532 g/mol. The Kier molecular flexibility index (Phi) is 7.76. The van der Waals surface area contributed by atoms with Crippen molar-refractivity contribution in [3.05, 3.63) is 53.6 Å². The van der Waals surface area contributed by atoms with Crippen LogP contribution >= 0.6 is 11.3 Å². The minimum Gasteiger partial charge on any atom is -0.497 e. The third-order valence-corrected chi connectivity index (χ3v) is 6.13. The summed E-state index contributed by atoms with van der Waals surface area (Å²) in [5, 5.41) is 11.7. The Morgan fingerprint density at radius 1 is 1.10 bits per heavy atom. The van der Waals surface area contributed by atoms with Gasteiger partial charge in [0.1, 0.15) is 28.1 Å². The topological polar surface area (TPSA) is 157 Å². The van der Waals surface area contributed by atoms with Crippen LogP contribution in [0.25, 0.3) is 22.2 Å². The largest absolute Gasteiger partial charge is 0.497 e. The molecule has 0 saturated carbocycles. The number of anilines is 3. The van der Waals surface area contributed by atoms with E-state index in [2.05, 4.69) is 31.1 Å². The maximum absolute atomic E-state index is 14.7. The molecule has 0 fully saturated rings. The van der Waals surface area contributed by atoms with Crippen LogP contribution in [0.15, 0.2) is 40.9 Å². The Hall–Kier alpha value is -4.59. The van der Waals surface area contributed by atoms with Crippen LogP contribution in [0.5, 0.6) is 5.75 Å². The number of methoxy groups -OCH3 is 1. The molecule has 0 aliphatic heterocycles. The van der Waals surface area contributed by atoms with Gasteiger partial charge in [0.15, 0.2) is 5.13 Å². The van der Waals surface area contributed by atoms with E-state index in [9.17, 15) is 18.4 Å². The molecule has 204 valence electrons. The van der Waals surface area contributed by atoms with Crippen molar-refractivity contribution < 1.29 is 27.6 Å². The number of amides is 3. The van der Waals surface area contributed by atoms with Gasteiger partial charge in [-0.05, 0) is 29.7 Å². The van der Waals surface area contributed by atoms with Crippen molar-refractivity contribution in [3.8, 4) is 27.9 Å². The first kappa shape index (κ1) is 27.4. The summed E-state index contributed by atoms with van der Waals surface area (Å²) in [7, 11) is 1.45. The molecule has 11 nitrogen and oxygen atoms in total. The fourth-order valence-corrected chi connectivity index (χ4v) is 4.03. The summed E-state index contributed by atoms with van der Waals surface area (Å²) in [5.41, 5.74) is 5.54. The van der Waals surface area contributed by atoms with Crippen LogP contribution in [0.1, 0.15) is 31.1 Å². The molecule has 2 aromatic heterocycles. The predicted molar refractivity (Wildman–Crippen MR) is 143 cm³/mol. The Bertz CT molecular complexity index is 1530. The van der Waals surface area contributed by atoms with Gasteiger partial charge in [0.25, 0.3) is 11.8 Å². The number of nitrogens with one attached hydrogen (secondary N) is 3. The highest BCUT2D eigenvalue weighted by Crippen LogP contribution is 2.36. The number of nitrogens with zero attached hydrogens (tertiary/aromatic N) is 3. The quantitative estimate of drug-likeness (QED) is 0.243. The zero-order valence-corrected chi connectivity index (χ0v) is 22.2. The van der Waals surface area contributed by atoms with Crippen LogP contribution in [0.3, 0.4) is 0 Å². The molecule has 2 aromatic carbocycles. The normalized spacial score (nSPS) is 11.2. The highest BCUT2D eigenvalue weighted by molar-refractivity contribution is 7.19. The summed E-state index contributed by atoms with van der Waals surface area (Å²) >= 11 is 0.976. The van der Waals surface area contributed by atoms with Gasteiger partial charge < -0.3 is 25.6 Å². The molecule has 3 amide bonds. The maximum atomic E-state index is 14.7. The highest BCUT2D eigenvalue weighted by atomic mass is 32.1. The summed E-state index contributed by atoms with van der Waals surface area (Å²) < 4.78 is 39.5. The molecule has 0 unspecified atom stereocenters. The fourth-order valence-electron chi connectivity index (χ4n) is 3.23. The second-order valence-corrected chi connectivity index (χ2v) is 10.5. The lowest BCUT2D eigenvalue weighted by Gasteiger charge is -2.18. The SMILES string of the molecule is COc1cccc(C(=O)Nc2cc(-c3noc(-c4sc(NC(=O)NCC(C)(C)C)nc4N)n3)c(F)cc2F)c1. The van der Waals surface area contributed by atoms with Crippen LogP contribution in [-0.2, 0) is 0 Å². The molecule has 0 atom stereocenters. The molecule has 0 aliphatic rings. The fraction of sp³-hybridized carbons (Fsp3) is 0.240. The molecule has 14 heteroatoms. The van der Waals surface area contributed by atoms with E-state index < -0.39 is 23.6 Å². The zero-order chi connectivity index (χ0) is 28.3. The minimum atomic E-state index is -0.997. The lowest BCUT2D eigenvalue weighted by Crippen LogP contribution is -2.35. The molecule has 4 rings (SSSR count). The number of thiazole rings is 1. The van der Waals surface area contributed by atoms with E-state index in [1.54, 1.807) is 12.1 Å². The smallest absolute Gasteiger partial charge is 0.321 e. The van der Waals surface area contributed by atoms with Crippen molar-refractivity contribution in [3.63, 3.8) is 0 Å². The van der Waals surface area contributed by atoms with Crippen LogP contribution in [0, 0.1) is 17.0 Å². The van der Waals surface area contributed by atoms with Crippen molar-refractivity contribution in [1.82, 2.24) is 20.4 Å². The molecule has 4 aromatic rings. The van der Waals surface area contributed by atoms with E-state index in [0.29, 0.717) is 18.4 Å². The third kappa shape index (κ3) is 6.65. The molecule has 5 N–H and O–H groups in total. The summed E-state index contributed by atoms with van der Waals surface area (Å²) in [5.74, 6) is -2.47. The number of benzene rings is 2. The molecule has 0 aliphatic carbocycles. The maximum Gasteiger partial charge on any atom is 0.321 e. The Labute approximate surface area is 225 Å². The number of carbonyl (C=O) groups excluding carboxylic acids is 2. The van der Waals surface area contributed by atoms with Crippen LogP contribution < -0.4 is 26.4 Å². The van der Waals surface area contributed by atoms with E-state index in [-0.39, 0.29) is 49.8 Å². The first-order chi connectivity index (χ1) is 18.4. The first-order valence-corrected chi connectivity index (χ1v) is 12.3. The van der Waals surface area contributed by atoms with Crippen LogP contribution in [0.2, 0.25) is 0 Å². The summed E-state index contributed by atoms with van der Waals surface area (Å²) in [6.45, 7) is 6.36. The number of aromatic nitrogens is 3. The van der Waals surface area contributed by atoms with Crippen molar-refractivity contribution in [2.24, 2.45) is 5.41 Å². The lowest BCUT2D eigenvalue weighted by atomic mass is 9.97. The van der Waals surface area contributed by atoms with Gasteiger partial charge in [0, 0.05) is 18.2 Å². The molecule has 0 bridgehead atoms. The van der Waals surface area contributed by atoms with Gasteiger partial charge in [-0.2, -0.15) is 4.98 Å². The van der Waals surface area contributed by atoms with Crippen molar-refractivity contribution in [2.75, 3.05) is 30.0 Å². The van der Waals surface area contributed by atoms with Gasteiger partial charge in [-0.25, -0.2) is 18.6 Å². The Morgan fingerprint density at radius 2 is 1.87 bits per heavy atom. The van der Waals surface area contributed by atoms with Gasteiger partial charge in [0.05, 0.1) is 18.4 Å². The number of ether oxygens (including phenoxy) is 1. The molecular formula is C25H25F2N7O4S. The second kappa shape index (κ2) is 11.0. The molecule has 0 spiro atoms. The Morgan fingerprint density at radius 3 is 2.59 bits per heavy atom. The average molecular weight is 558 g/mol. The molecule has 0 saturated heterocycles. The lowest BCUT2D eigenvalue weighted by molar-refractivity contribution is 0.102. The molecule has 0 radical (unpaired) electrons. The van der Waals surface area contributed by atoms with E-state index in [0.717, 1.165) is 17.4 Å². The van der Waals surface area contributed by atoms with Gasteiger partial charge in [-0.3, -0.25) is 10.1 Å². The van der Waals surface area contributed by atoms with E-state index in [4.69, 9.17) is 15.0 Å². The number of rotatable bonds is 7. The third-order valence-electron chi connectivity index (χ3n) is 5.15. The summed E-state index contributed by atoms with van der Waals surface area (Å²) in [6, 6.07) is 7.44.